The Balaban J connectivity index is 1.35. The Hall–Kier alpha value is -1.87. The molecular weight excluding hydrogens is 389 g/mol. The Morgan fingerprint density at radius 3 is 2.25 bits per heavy atom. The number of likely N-dealkylation sites (tertiary alicyclic amines) is 1. The Morgan fingerprint density at radius 2 is 1.61 bits per heavy atom. The van der Waals surface area contributed by atoms with Gasteiger partial charge in [-0.25, -0.2) is 0 Å². The number of halogens is 3. The number of hydrogen-bond donors (Lipinski definition) is 0. The van der Waals surface area contributed by atoms with Gasteiger partial charge in [0.1, 0.15) is 10.8 Å². The van der Waals surface area contributed by atoms with E-state index in [-0.39, 0.29) is 5.75 Å². The van der Waals surface area contributed by atoms with Crippen molar-refractivity contribution in [2.75, 3.05) is 31.1 Å². The highest BCUT2D eigenvalue weighted by Gasteiger charge is 2.31. The molecule has 152 valence electrons. The van der Waals surface area contributed by atoms with Crippen molar-refractivity contribution in [2.24, 2.45) is 0 Å². The predicted molar refractivity (Wildman–Crippen MR) is 103 cm³/mol. The number of aromatic nitrogens is 2. The molecule has 0 bridgehead atoms. The molecule has 0 N–H and O–H groups in total. The van der Waals surface area contributed by atoms with Gasteiger partial charge in [0, 0.05) is 24.7 Å². The zero-order valence-corrected chi connectivity index (χ0v) is 16.3. The summed E-state index contributed by atoms with van der Waals surface area (Å²) in [5, 5.41) is 10.1. The van der Waals surface area contributed by atoms with Crippen molar-refractivity contribution in [3.63, 3.8) is 0 Å². The first-order valence-electron chi connectivity index (χ1n) is 9.67. The Kier molecular flexibility index (Phi) is 5.73. The molecule has 5 nitrogen and oxygen atoms in total. The number of benzene rings is 1. The molecule has 0 unspecified atom stereocenters. The smallest absolute Gasteiger partial charge is 0.406 e. The van der Waals surface area contributed by atoms with E-state index in [1.54, 1.807) is 12.1 Å². The minimum absolute atomic E-state index is 0.235. The molecule has 2 aliphatic heterocycles. The van der Waals surface area contributed by atoms with Gasteiger partial charge in [-0.1, -0.05) is 17.8 Å². The van der Waals surface area contributed by atoms with E-state index in [4.69, 9.17) is 0 Å². The molecule has 2 aliphatic rings. The van der Waals surface area contributed by atoms with Crippen LogP contribution in [0, 0.1) is 0 Å². The van der Waals surface area contributed by atoms with Crippen molar-refractivity contribution < 1.29 is 17.9 Å². The molecule has 0 atom stereocenters. The van der Waals surface area contributed by atoms with E-state index < -0.39 is 6.36 Å². The first-order valence-corrected chi connectivity index (χ1v) is 10.5. The second kappa shape index (κ2) is 8.24. The van der Waals surface area contributed by atoms with Crippen LogP contribution in [0.5, 0.6) is 5.75 Å². The lowest BCUT2D eigenvalue weighted by molar-refractivity contribution is -0.274. The summed E-state index contributed by atoms with van der Waals surface area (Å²) in [7, 11) is 0. The average Bonchev–Trinajstić information content (AvgIpc) is 3.18. The third kappa shape index (κ3) is 4.75. The van der Waals surface area contributed by atoms with Crippen molar-refractivity contribution >= 4 is 16.5 Å². The van der Waals surface area contributed by atoms with Gasteiger partial charge in [-0.3, -0.25) is 0 Å². The van der Waals surface area contributed by atoms with Gasteiger partial charge in [0.25, 0.3) is 0 Å². The standard InChI is InChI=1S/C19H23F3N4OS/c20-19(21,22)27-16-6-4-14(5-7-16)17-23-24-18(28-17)26-12-8-15(9-13-26)25-10-2-1-3-11-25/h4-7,15H,1-3,8-13H2. The Morgan fingerprint density at radius 1 is 0.929 bits per heavy atom. The number of ether oxygens (including phenoxy) is 1. The molecule has 0 radical (unpaired) electrons. The minimum Gasteiger partial charge on any atom is -0.406 e. The van der Waals surface area contributed by atoms with E-state index in [2.05, 4.69) is 24.7 Å². The van der Waals surface area contributed by atoms with Crippen molar-refractivity contribution in [1.29, 1.82) is 0 Å². The quantitative estimate of drug-likeness (QED) is 0.737. The molecule has 9 heteroatoms. The fourth-order valence-electron chi connectivity index (χ4n) is 3.96. The van der Waals surface area contributed by atoms with E-state index in [0.717, 1.165) is 36.6 Å². The van der Waals surface area contributed by atoms with Gasteiger partial charge in [0.05, 0.1) is 0 Å². The maximum absolute atomic E-state index is 12.3. The zero-order valence-electron chi connectivity index (χ0n) is 15.5. The van der Waals surface area contributed by atoms with E-state index in [0.29, 0.717) is 11.0 Å². The van der Waals surface area contributed by atoms with Crippen LogP contribution in [0.3, 0.4) is 0 Å². The highest BCUT2D eigenvalue weighted by molar-refractivity contribution is 7.18. The number of nitrogens with zero attached hydrogens (tertiary/aromatic N) is 4. The largest absolute Gasteiger partial charge is 0.573 e. The Labute approximate surface area is 166 Å². The average molecular weight is 412 g/mol. The molecule has 1 aromatic heterocycles. The van der Waals surface area contributed by atoms with Gasteiger partial charge in [0.2, 0.25) is 5.13 Å². The monoisotopic (exact) mass is 412 g/mol. The molecule has 3 heterocycles. The summed E-state index contributed by atoms with van der Waals surface area (Å²) in [6, 6.07) is 6.43. The summed E-state index contributed by atoms with van der Waals surface area (Å²) in [5.41, 5.74) is 0.737. The zero-order chi connectivity index (χ0) is 19.6. The Bertz CT molecular complexity index is 766. The van der Waals surface area contributed by atoms with Crippen molar-refractivity contribution in [3.8, 4) is 16.3 Å². The van der Waals surface area contributed by atoms with Crippen LogP contribution in [0.15, 0.2) is 24.3 Å². The second-order valence-electron chi connectivity index (χ2n) is 7.28. The predicted octanol–water partition coefficient (Wildman–Crippen LogP) is 4.56. The molecule has 2 aromatic rings. The van der Waals surface area contributed by atoms with E-state index in [1.807, 2.05) is 0 Å². The summed E-state index contributed by atoms with van der Waals surface area (Å²) >= 11 is 1.48. The van der Waals surface area contributed by atoms with Crippen LogP contribution < -0.4 is 9.64 Å². The molecule has 2 saturated heterocycles. The topological polar surface area (TPSA) is 41.5 Å². The first-order chi connectivity index (χ1) is 13.5. The second-order valence-corrected chi connectivity index (χ2v) is 8.23. The van der Waals surface area contributed by atoms with Crippen LogP contribution in [-0.4, -0.2) is 53.7 Å². The first kappa shape index (κ1) is 19.4. The van der Waals surface area contributed by atoms with Gasteiger partial charge in [0.15, 0.2) is 0 Å². The van der Waals surface area contributed by atoms with E-state index in [1.165, 1.54) is 55.8 Å². The van der Waals surface area contributed by atoms with Gasteiger partial charge < -0.3 is 14.5 Å². The molecule has 1 aromatic carbocycles. The maximum atomic E-state index is 12.3. The highest BCUT2D eigenvalue weighted by Crippen LogP contribution is 2.32. The number of alkyl halides is 3. The molecular formula is C19H23F3N4OS. The molecule has 4 rings (SSSR count). The van der Waals surface area contributed by atoms with Gasteiger partial charge >= 0.3 is 6.36 Å². The maximum Gasteiger partial charge on any atom is 0.573 e. The summed E-state index contributed by atoms with van der Waals surface area (Å²) in [6.07, 6.45) is 1.57. The van der Waals surface area contributed by atoms with Crippen molar-refractivity contribution in [2.45, 2.75) is 44.5 Å². The van der Waals surface area contributed by atoms with Gasteiger partial charge in [-0.05, 0) is 63.0 Å². The lowest BCUT2D eigenvalue weighted by atomic mass is 10.0. The molecule has 0 aliphatic carbocycles. The van der Waals surface area contributed by atoms with Crippen LogP contribution in [-0.2, 0) is 0 Å². The van der Waals surface area contributed by atoms with Gasteiger partial charge in [-0.15, -0.1) is 23.4 Å². The third-order valence-electron chi connectivity index (χ3n) is 5.39. The lowest BCUT2D eigenvalue weighted by Crippen LogP contribution is -2.46. The molecule has 0 amide bonds. The number of piperidine rings is 2. The van der Waals surface area contributed by atoms with Crippen LogP contribution in [0.25, 0.3) is 10.6 Å². The van der Waals surface area contributed by atoms with E-state index in [9.17, 15) is 13.2 Å². The van der Waals surface area contributed by atoms with Crippen LogP contribution in [0.2, 0.25) is 0 Å². The summed E-state index contributed by atoms with van der Waals surface area (Å²) in [5.74, 6) is -0.235. The molecule has 28 heavy (non-hydrogen) atoms. The summed E-state index contributed by atoms with van der Waals surface area (Å²) < 4.78 is 40.7. The molecule has 0 spiro atoms. The van der Waals surface area contributed by atoms with E-state index >= 15 is 0 Å². The fraction of sp³-hybridized carbons (Fsp3) is 0.579. The molecule has 2 fully saturated rings. The van der Waals surface area contributed by atoms with Gasteiger partial charge in [-0.2, -0.15) is 0 Å². The summed E-state index contributed by atoms with van der Waals surface area (Å²) in [6.45, 7) is 4.38. The lowest BCUT2D eigenvalue weighted by Gasteiger charge is -2.40. The normalized spacial score (nSPS) is 19.8. The fourth-order valence-corrected chi connectivity index (χ4v) is 4.87. The number of hydrogen-bond acceptors (Lipinski definition) is 6. The number of rotatable bonds is 4. The van der Waals surface area contributed by atoms with Crippen LogP contribution in [0.4, 0.5) is 18.3 Å². The third-order valence-corrected chi connectivity index (χ3v) is 6.42. The summed E-state index contributed by atoms with van der Waals surface area (Å²) in [4.78, 5) is 4.90. The minimum atomic E-state index is -4.68. The van der Waals surface area contributed by atoms with Crippen molar-refractivity contribution in [3.05, 3.63) is 24.3 Å². The number of anilines is 1. The highest BCUT2D eigenvalue weighted by atomic mass is 32.1. The van der Waals surface area contributed by atoms with Crippen LogP contribution >= 0.6 is 11.3 Å². The van der Waals surface area contributed by atoms with Crippen LogP contribution in [0.1, 0.15) is 32.1 Å². The molecule has 0 saturated carbocycles. The SMILES string of the molecule is FC(F)(F)Oc1ccc(-c2nnc(N3CCC(N4CCCCC4)CC3)s2)cc1. The van der Waals surface area contributed by atoms with Crippen molar-refractivity contribution in [1.82, 2.24) is 15.1 Å².